The van der Waals surface area contributed by atoms with Crippen molar-refractivity contribution < 1.29 is 9.59 Å². The molecule has 0 saturated heterocycles. The van der Waals surface area contributed by atoms with Crippen molar-refractivity contribution in [1.29, 1.82) is 0 Å². The maximum absolute atomic E-state index is 11.8. The Morgan fingerprint density at radius 2 is 2.12 bits per heavy atom. The summed E-state index contributed by atoms with van der Waals surface area (Å²) >= 11 is 11.9. The number of anilines is 1. The van der Waals surface area contributed by atoms with Crippen LogP contribution in [0.3, 0.4) is 0 Å². The summed E-state index contributed by atoms with van der Waals surface area (Å²) in [7, 11) is 0. The van der Waals surface area contributed by atoms with E-state index in [0.29, 0.717) is 40.7 Å². The zero-order valence-corrected chi connectivity index (χ0v) is 10.8. The van der Waals surface area contributed by atoms with Gasteiger partial charge in [-0.3, -0.25) is 9.59 Å². The van der Waals surface area contributed by atoms with Crippen molar-refractivity contribution in [3.63, 3.8) is 0 Å². The summed E-state index contributed by atoms with van der Waals surface area (Å²) in [5.41, 5.74) is 0.940. The zero-order valence-electron chi connectivity index (χ0n) is 9.30. The number of hydrogen-bond donors (Lipinski definition) is 0. The molecule has 1 aliphatic rings. The van der Waals surface area contributed by atoms with Gasteiger partial charge in [0.05, 0.1) is 10.7 Å². The SMILES string of the molecule is CCC(=O)N1CCC(=O)c2cc(Cl)cc(Cl)c21. The summed E-state index contributed by atoms with van der Waals surface area (Å²) in [5, 5.41) is 0.759. The van der Waals surface area contributed by atoms with E-state index in [0.717, 1.165) is 0 Å². The van der Waals surface area contributed by atoms with E-state index in [1.54, 1.807) is 24.0 Å². The largest absolute Gasteiger partial charge is 0.310 e. The molecule has 1 aliphatic heterocycles. The van der Waals surface area contributed by atoms with Gasteiger partial charge in [0.25, 0.3) is 0 Å². The minimum atomic E-state index is -0.0389. The smallest absolute Gasteiger partial charge is 0.226 e. The summed E-state index contributed by atoms with van der Waals surface area (Å²) in [4.78, 5) is 25.2. The number of ketones is 1. The topological polar surface area (TPSA) is 37.4 Å². The number of halogens is 2. The number of benzene rings is 1. The fourth-order valence-corrected chi connectivity index (χ4v) is 2.55. The quantitative estimate of drug-likeness (QED) is 0.786. The molecule has 0 N–H and O–H groups in total. The van der Waals surface area contributed by atoms with Gasteiger partial charge < -0.3 is 4.90 Å². The van der Waals surface area contributed by atoms with E-state index in [-0.39, 0.29) is 11.7 Å². The Morgan fingerprint density at radius 1 is 1.41 bits per heavy atom. The van der Waals surface area contributed by atoms with Gasteiger partial charge in [0.2, 0.25) is 5.91 Å². The molecule has 0 aromatic heterocycles. The number of amides is 1. The van der Waals surface area contributed by atoms with Gasteiger partial charge in [0.1, 0.15) is 0 Å². The van der Waals surface area contributed by atoms with Crippen LogP contribution in [0.1, 0.15) is 30.1 Å². The van der Waals surface area contributed by atoms with E-state index in [1.807, 2.05) is 0 Å². The molecule has 0 fully saturated rings. The highest BCUT2D eigenvalue weighted by molar-refractivity contribution is 6.38. The fourth-order valence-electron chi connectivity index (χ4n) is 1.95. The Balaban J connectivity index is 2.59. The molecule has 0 radical (unpaired) electrons. The van der Waals surface area contributed by atoms with Gasteiger partial charge >= 0.3 is 0 Å². The number of Topliss-reactive ketones (excluding diaryl/α,β-unsaturated/α-hetero) is 1. The molecule has 1 aromatic rings. The van der Waals surface area contributed by atoms with Gasteiger partial charge in [0, 0.05) is 30.0 Å². The Morgan fingerprint density at radius 3 is 2.76 bits per heavy atom. The van der Waals surface area contributed by atoms with Crippen molar-refractivity contribution in [3.8, 4) is 0 Å². The molecular formula is C12H11Cl2NO2. The van der Waals surface area contributed by atoms with Crippen LogP contribution < -0.4 is 4.90 Å². The summed E-state index contributed by atoms with van der Waals surface area (Å²) < 4.78 is 0. The Kier molecular flexibility index (Phi) is 3.40. The first-order valence-electron chi connectivity index (χ1n) is 5.37. The minimum Gasteiger partial charge on any atom is -0.310 e. The van der Waals surface area contributed by atoms with E-state index in [1.165, 1.54) is 0 Å². The third-order valence-electron chi connectivity index (χ3n) is 2.76. The molecular weight excluding hydrogens is 261 g/mol. The molecule has 2 rings (SSSR count). The van der Waals surface area contributed by atoms with Gasteiger partial charge in [-0.25, -0.2) is 0 Å². The van der Waals surface area contributed by atoms with Crippen LogP contribution in [0.2, 0.25) is 10.0 Å². The predicted molar refractivity (Wildman–Crippen MR) is 68.1 cm³/mol. The molecule has 5 heteroatoms. The van der Waals surface area contributed by atoms with E-state index < -0.39 is 0 Å². The van der Waals surface area contributed by atoms with E-state index in [9.17, 15) is 9.59 Å². The molecule has 90 valence electrons. The highest BCUT2D eigenvalue weighted by Gasteiger charge is 2.29. The average Bonchev–Trinajstić information content (AvgIpc) is 2.29. The summed E-state index contributed by atoms with van der Waals surface area (Å²) in [6.07, 6.45) is 0.696. The first-order chi connectivity index (χ1) is 8.04. The Hall–Kier alpha value is -1.06. The van der Waals surface area contributed by atoms with Crippen LogP contribution in [-0.4, -0.2) is 18.2 Å². The van der Waals surface area contributed by atoms with Crippen molar-refractivity contribution in [3.05, 3.63) is 27.7 Å². The Labute approximate surface area is 109 Å². The summed E-state index contributed by atoms with van der Waals surface area (Å²) in [6.45, 7) is 2.17. The van der Waals surface area contributed by atoms with Crippen LogP contribution in [-0.2, 0) is 4.79 Å². The normalized spacial score (nSPS) is 14.8. The lowest BCUT2D eigenvalue weighted by atomic mass is 10.00. The molecule has 0 spiro atoms. The molecule has 17 heavy (non-hydrogen) atoms. The molecule has 1 amide bonds. The third-order valence-corrected chi connectivity index (χ3v) is 3.27. The van der Waals surface area contributed by atoms with Crippen LogP contribution in [0, 0.1) is 0 Å². The number of carbonyl (C=O) groups excluding carboxylic acids is 2. The second-order valence-electron chi connectivity index (χ2n) is 3.86. The van der Waals surface area contributed by atoms with Crippen LogP contribution in [0.4, 0.5) is 5.69 Å². The average molecular weight is 272 g/mol. The number of fused-ring (bicyclic) bond motifs is 1. The van der Waals surface area contributed by atoms with Crippen molar-refractivity contribution in [2.24, 2.45) is 0 Å². The molecule has 0 unspecified atom stereocenters. The second-order valence-corrected chi connectivity index (χ2v) is 4.70. The maximum atomic E-state index is 11.8. The Bertz CT molecular complexity index is 500. The van der Waals surface area contributed by atoms with Crippen molar-refractivity contribution in [2.75, 3.05) is 11.4 Å². The van der Waals surface area contributed by atoms with Gasteiger partial charge in [-0.2, -0.15) is 0 Å². The van der Waals surface area contributed by atoms with Gasteiger partial charge in [-0.1, -0.05) is 30.1 Å². The standard InChI is InChI=1S/C12H11Cl2NO2/c1-2-11(17)15-4-3-10(16)8-5-7(13)6-9(14)12(8)15/h5-6H,2-4H2,1H3. The van der Waals surface area contributed by atoms with Gasteiger partial charge in [-0.05, 0) is 12.1 Å². The lowest BCUT2D eigenvalue weighted by molar-refractivity contribution is -0.118. The summed E-state index contributed by atoms with van der Waals surface area (Å²) in [5.74, 6) is -0.0625. The number of rotatable bonds is 1. The third kappa shape index (κ3) is 2.17. The van der Waals surface area contributed by atoms with Crippen LogP contribution in [0.25, 0.3) is 0 Å². The summed E-state index contributed by atoms with van der Waals surface area (Å²) in [6, 6.07) is 3.12. The highest BCUT2D eigenvalue weighted by atomic mass is 35.5. The predicted octanol–water partition coefficient (Wildman–Crippen LogP) is 3.32. The van der Waals surface area contributed by atoms with E-state index in [4.69, 9.17) is 23.2 Å². The molecule has 0 atom stereocenters. The second kappa shape index (κ2) is 4.67. The zero-order chi connectivity index (χ0) is 12.6. The number of nitrogens with zero attached hydrogens (tertiary/aromatic N) is 1. The van der Waals surface area contributed by atoms with Crippen LogP contribution in [0.5, 0.6) is 0 Å². The fraction of sp³-hybridized carbons (Fsp3) is 0.333. The molecule has 1 aromatic carbocycles. The van der Waals surface area contributed by atoms with Crippen LogP contribution in [0.15, 0.2) is 12.1 Å². The van der Waals surface area contributed by atoms with E-state index in [2.05, 4.69) is 0 Å². The number of hydrogen-bond acceptors (Lipinski definition) is 2. The maximum Gasteiger partial charge on any atom is 0.226 e. The van der Waals surface area contributed by atoms with Gasteiger partial charge in [0.15, 0.2) is 5.78 Å². The van der Waals surface area contributed by atoms with Crippen molar-refractivity contribution in [2.45, 2.75) is 19.8 Å². The minimum absolute atomic E-state index is 0.0236. The first-order valence-corrected chi connectivity index (χ1v) is 6.12. The highest BCUT2D eigenvalue weighted by Crippen LogP contribution is 2.37. The van der Waals surface area contributed by atoms with Gasteiger partial charge in [-0.15, -0.1) is 0 Å². The molecule has 0 bridgehead atoms. The van der Waals surface area contributed by atoms with Crippen LogP contribution >= 0.6 is 23.2 Å². The first kappa shape index (κ1) is 12.4. The lowest BCUT2D eigenvalue weighted by Crippen LogP contribution is -2.37. The molecule has 3 nitrogen and oxygen atoms in total. The monoisotopic (exact) mass is 271 g/mol. The molecule has 0 saturated carbocycles. The van der Waals surface area contributed by atoms with Crippen molar-refractivity contribution >= 4 is 40.6 Å². The van der Waals surface area contributed by atoms with Crippen molar-refractivity contribution in [1.82, 2.24) is 0 Å². The van der Waals surface area contributed by atoms with E-state index >= 15 is 0 Å². The number of carbonyl (C=O) groups is 2. The molecule has 0 aliphatic carbocycles. The molecule has 1 heterocycles. The lowest BCUT2D eigenvalue weighted by Gasteiger charge is -2.29.